The number of thiazole rings is 1. The second-order valence-corrected chi connectivity index (χ2v) is 5.31. The molecule has 0 bridgehead atoms. The molecular weight excluding hydrogens is 282 g/mol. The fourth-order valence-electron chi connectivity index (χ4n) is 1.26. The molecule has 0 fully saturated rings. The van der Waals surface area contributed by atoms with Gasteiger partial charge in [0.2, 0.25) is 5.91 Å². The van der Waals surface area contributed by atoms with Crippen LogP contribution in [0.1, 0.15) is 37.7 Å². The van der Waals surface area contributed by atoms with Crippen LogP contribution in [0, 0.1) is 5.92 Å². The number of aromatic nitrogens is 1. The van der Waals surface area contributed by atoms with E-state index in [-0.39, 0.29) is 23.9 Å². The molecular formula is C12H17N3O4S. The maximum Gasteiger partial charge on any atom is 0.326 e. The van der Waals surface area contributed by atoms with Gasteiger partial charge in [-0.25, -0.2) is 9.78 Å². The highest BCUT2D eigenvalue weighted by Gasteiger charge is 2.20. The Morgan fingerprint density at radius 1 is 1.40 bits per heavy atom. The van der Waals surface area contributed by atoms with Gasteiger partial charge in [0.05, 0.1) is 0 Å². The van der Waals surface area contributed by atoms with Gasteiger partial charge in [-0.05, 0) is 6.42 Å². The summed E-state index contributed by atoms with van der Waals surface area (Å²) in [5.74, 6) is -2.04. The Morgan fingerprint density at radius 2 is 2.05 bits per heavy atom. The Hall–Kier alpha value is -1.96. The van der Waals surface area contributed by atoms with Crippen LogP contribution < -0.4 is 10.6 Å². The molecule has 1 heterocycles. The van der Waals surface area contributed by atoms with Gasteiger partial charge in [-0.2, -0.15) is 0 Å². The lowest BCUT2D eigenvalue weighted by molar-refractivity contribution is -0.139. The molecule has 1 atom stereocenters. The van der Waals surface area contributed by atoms with E-state index in [2.05, 4.69) is 15.6 Å². The number of hydrogen-bond acceptors (Lipinski definition) is 5. The van der Waals surface area contributed by atoms with Gasteiger partial charge in [-0.3, -0.25) is 9.59 Å². The maximum atomic E-state index is 11.8. The van der Waals surface area contributed by atoms with Crippen molar-refractivity contribution in [3.05, 3.63) is 11.1 Å². The Kier molecular flexibility index (Phi) is 5.63. The smallest absolute Gasteiger partial charge is 0.326 e. The maximum absolute atomic E-state index is 11.8. The molecule has 1 aromatic heterocycles. The molecule has 0 aliphatic heterocycles. The summed E-state index contributed by atoms with van der Waals surface area (Å²) in [6.07, 6.45) is 0.280. The summed E-state index contributed by atoms with van der Waals surface area (Å²) in [6.45, 7) is 5.15. The van der Waals surface area contributed by atoms with Gasteiger partial charge in [0.15, 0.2) is 5.13 Å². The fraction of sp³-hybridized carbons (Fsp3) is 0.500. The van der Waals surface area contributed by atoms with Gasteiger partial charge in [0, 0.05) is 11.3 Å². The zero-order chi connectivity index (χ0) is 15.3. The Labute approximate surface area is 120 Å². The van der Waals surface area contributed by atoms with Crippen LogP contribution >= 0.6 is 11.3 Å². The Morgan fingerprint density at radius 3 is 2.55 bits per heavy atom. The first-order valence-electron chi connectivity index (χ1n) is 6.15. The van der Waals surface area contributed by atoms with Gasteiger partial charge >= 0.3 is 5.97 Å². The summed E-state index contributed by atoms with van der Waals surface area (Å²) in [5.41, 5.74) is 0.0914. The largest absolute Gasteiger partial charge is 0.480 e. The van der Waals surface area contributed by atoms with Crippen molar-refractivity contribution < 1.29 is 19.5 Å². The van der Waals surface area contributed by atoms with Crippen LogP contribution in [0.15, 0.2) is 5.38 Å². The van der Waals surface area contributed by atoms with E-state index < -0.39 is 17.9 Å². The minimum absolute atomic E-state index is 0.0914. The predicted molar refractivity (Wildman–Crippen MR) is 74.8 cm³/mol. The number of rotatable bonds is 6. The van der Waals surface area contributed by atoms with Crippen molar-refractivity contribution in [3.8, 4) is 0 Å². The summed E-state index contributed by atoms with van der Waals surface area (Å²) >= 11 is 1.12. The molecule has 1 aromatic rings. The molecule has 110 valence electrons. The topological polar surface area (TPSA) is 108 Å². The van der Waals surface area contributed by atoms with E-state index in [0.29, 0.717) is 5.13 Å². The molecule has 3 N–H and O–H groups in total. The van der Waals surface area contributed by atoms with Crippen molar-refractivity contribution in [1.82, 2.24) is 10.3 Å². The highest BCUT2D eigenvalue weighted by Crippen LogP contribution is 2.16. The average molecular weight is 299 g/mol. The molecule has 20 heavy (non-hydrogen) atoms. The van der Waals surface area contributed by atoms with E-state index in [1.54, 1.807) is 20.8 Å². The molecule has 0 aromatic carbocycles. The summed E-state index contributed by atoms with van der Waals surface area (Å²) < 4.78 is 0. The van der Waals surface area contributed by atoms with E-state index in [0.717, 1.165) is 11.3 Å². The quantitative estimate of drug-likeness (QED) is 0.734. The van der Waals surface area contributed by atoms with Crippen LogP contribution in [-0.2, 0) is 9.59 Å². The number of carbonyl (C=O) groups is 3. The van der Waals surface area contributed by atoms with Crippen LogP contribution in [-0.4, -0.2) is 33.9 Å². The standard InChI is InChI=1S/C12H17N3O4S/c1-4-7(11(18)19)13-10(17)8-5-20-12(14-8)15-9(16)6(2)3/h5-7H,4H2,1-3H3,(H,13,17)(H,18,19)(H,14,15,16). The van der Waals surface area contributed by atoms with E-state index >= 15 is 0 Å². The third-order valence-electron chi connectivity index (χ3n) is 2.50. The molecule has 1 rings (SSSR count). The normalized spacial score (nSPS) is 12.0. The molecule has 0 radical (unpaired) electrons. The zero-order valence-corrected chi connectivity index (χ0v) is 12.3. The number of carbonyl (C=O) groups excluding carboxylic acids is 2. The van der Waals surface area contributed by atoms with Gasteiger partial charge in [0.1, 0.15) is 11.7 Å². The second kappa shape index (κ2) is 6.99. The van der Waals surface area contributed by atoms with E-state index in [4.69, 9.17) is 5.11 Å². The summed E-state index contributed by atoms with van der Waals surface area (Å²) in [6, 6.07) is -0.946. The van der Waals surface area contributed by atoms with Crippen molar-refractivity contribution in [2.75, 3.05) is 5.32 Å². The van der Waals surface area contributed by atoms with Gasteiger partial charge in [-0.1, -0.05) is 20.8 Å². The summed E-state index contributed by atoms with van der Waals surface area (Å²) in [4.78, 5) is 38.1. The number of aliphatic carboxylic acids is 1. The Bertz CT molecular complexity index is 513. The molecule has 1 unspecified atom stereocenters. The molecule has 0 aliphatic rings. The molecule has 0 aliphatic carbocycles. The summed E-state index contributed by atoms with van der Waals surface area (Å²) in [5, 5.41) is 15.6. The van der Waals surface area contributed by atoms with Crippen molar-refractivity contribution in [2.24, 2.45) is 5.92 Å². The third-order valence-corrected chi connectivity index (χ3v) is 3.26. The van der Waals surface area contributed by atoms with Crippen LogP contribution in [0.25, 0.3) is 0 Å². The zero-order valence-electron chi connectivity index (χ0n) is 11.5. The fourth-order valence-corrected chi connectivity index (χ4v) is 1.95. The number of carboxylic acids is 1. The van der Waals surface area contributed by atoms with Crippen molar-refractivity contribution in [2.45, 2.75) is 33.2 Å². The predicted octanol–water partition coefficient (Wildman–Crippen LogP) is 1.33. The van der Waals surface area contributed by atoms with E-state index in [1.807, 2.05) is 0 Å². The lowest BCUT2D eigenvalue weighted by Crippen LogP contribution is -2.40. The van der Waals surface area contributed by atoms with Crippen molar-refractivity contribution >= 4 is 34.3 Å². The minimum atomic E-state index is -1.09. The second-order valence-electron chi connectivity index (χ2n) is 4.45. The Balaban J connectivity index is 2.69. The molecule has 7 nitrogen and oxygen atoms in total. The lowest BCUT2D eigenvalue weighted by Gasteiger charge is -2.10. The molecule has 0 spiro atoms. The third kappa shape index (κ3) is 4.30. The number of carboxylic acid groups (broad SMARTS) is 1. The number of hydrogen-bond donors (Lipinski definition) is 3. The molecule has 0 saturated heterocycles. The minimum Gasteiger partial charge on any atom is -0.480 e. The molecule has 2 amide bonds. The van der Waals surface area contributed by atoms with Gasteiger partial charge in [0.25, 0.3) is 5.91 Å². The summed E-state index contributed by atoms with van der Waals surface area (Å²) in [7, 11) is 0. The monoisotopic (exact) mass is 299 g/mol. The lowest BCUT2D eigenvalue weighted by atomic mass is 10.2. The molecule has 0 saturated carbocycles. The molecule has 8 heteroatoms. The van der Waals surface area contributed by atoms with Crippen LogP contribution in [0.3, 0.4) is 0 Å². The van der Waals surface area contributed by atoms with Gasteiger partial charge in [-0.15, -0.1) is 11.3 Å². The number of amides is 2. The van der Waals surface area contributed by atoms with Crippen molar-refractivity contribution in [1.29, 1.82) is 0 Å². The van der Waals surface area contributed by atoms with E-state index in [9.17, 15) is 14.4 Å². The van der Waals surface area contributed by atoms with Crippen LogP contribution in [0.4, 0.5) is 5.13 Å². The number of nitrogens with zero attached hydrogens (tertiary/aromatic N) is 1. The van der Waals surface area contributed by atoms with Crippen LogP contribution in [0.5, 0.6) is 0 Å². The van der Waals surface area contributed by atoms with E-state index in [1.165, 1.54) is 5.38 Å². The first kappa shape index (κ1) is 16.1. The highest BCUT2D eigenvalue weighted by molar-refractivity contribution is 7.14. The average Bonchev–Trinajstić information content (AvgIpc) is 2.83. The SMILES string of the molecule is CCC(NC(=O)c1csc(NC(=O)C(C)C)n1)C(=O)O. The highest BCUT2D eigenvalue weighted by atomic mass is 32.1. The van der Waals surface area contributed by atoms with Crippen molar-refractivity contribution in [3.63, 3.8) is 0 Å². The number of nitrogens with one attached hydrogen (secondary N) is 2. The number of anilines is 1. The van der Waals surface area contributed by atoms with Gasteiger partial charge < -0.3 is 15.7 Å². The van der Waals surface area contributed by atoms with Crippen LogP contribution in [0.2, 0.25) is 0 Å². The first-order chi connectivity index (χ1) is 9.35. The first-order valence-corrected chi connectivity index (χ1v) is 7.03.